The summed E-state index contributed by atoms with van der Waals surface area (Å²) < 4.78 is 18.3. The molecule has 0 unspecified atom stereocenters. The van der Waals surface area contributed by atoms with Crippen molar-refractivity contribution in [3.8, 4) is 5.75 Å². The second kappa shape index (κ2) is 9.21. The molecule has 1 aliphatic carbocycles. The summed E-state index contributed by atoms with van der Waals surface area (Å²) in [6.45, 7) is 0.626. The molecule has 0 saturated heterocycles. The van der Waals surface area contributed by atoms with Gasteiger partial charge in [-0.2, -0.15) is 0 Å². The number of methoxy groups -OCH3 is 1. The van der Waals surface area contributed by atoms with Crippen LogP contribution in [0.15, 0.2) is 48.5 Å². The Bertz CT molecular complexity index is 822. The summed E-state index contributed by atoms with van der Waals surface area (Å²) in [5.41, 5.74) is 1.71. The molecule has 6 nitrogen and oxygen atoms in total. The van der Waals surface area contributed by atoms with Crippen molar-refractivity contribution in [3.63, 3.8) is 0 Å². The number of nitrogens with one attached hydrogen (secondary N) is 2. The lowest BCUT2D eigenvalue weighted by molar-refractivity contribution is -0.131. The molecule has 1 aliphatic rings. The zero-order valence-corrected chi connectivity index (χ0v) is 15.8. The van der Waals surface area contributed by atoms with E-state index in [-0.39, 0.29) is 30.9 Å². The van der Waals surface area contributed by atoms with Gasteiger partial charge in [-0.1, -0.05) is 30.3 Å². The Balaban J connectivity index is 1.50. The van der Waals surface area contributed by atoms with Gasteiger partial charge in [0.15, 0.2) is 0 Å². The van der Waals surface area contributed by atoms with E-state index in [4.69, 9.17) is 4.74 Å². The number of hydrogen-bond donors (Lipinski definition) is 2. The van der Waals surface area contributed by atoms with Crippen LogP contribution in [-0.2, 0) is 17.9 Å². The van der Waals surface area contributed by atoms with E-state index in [1.54, 1.807) is 24.1 Å². The summed E-state index contributed by atoms with van der Waals surface area (Å²) >= 11 is 0. The lowest BCUT2D eigenvalue weighted by Crippen LogP contribution is -2.44. The van der Waals surface area contributed by atoms with Crippen molar-refractivity contribution in [3.05, 3.63) is 65.5 Å². The zero-order valence-electron chi connectivity index (χ0n) is 15.8. The molecule has 0 heterocycles. The predicted molar refractivity (Wildman–Crippen MR) is 103 cm³/mol. The Morgan fingerprint density at radius 1 is 1.11 bits per heavy atom. The molecule has 2 aromatic carbocycles. The van der Waals surface area contributed by atoms with E-state index >= 15 is 0 Å². The number of carbonyl (C=O) groups excluding carboxylic acids is 2. The summed E-state index contributed by atoms with van der Waals surface area (Å²) in [6, 6.07) is 13.2. The average molecular weight is 385 g/mol. The number of rotatable bonds is 8. The van der Waals surface area contributed by atoms with Gasteiger partial charge in [-0.05, 0) is 36.6 Å². The number of amides is 3. The summed E-state index contributed by atoms with van der Waals surface area (Å²) in [5.74, 6) is 0.283. The van der Waals surface area contributed by atoms with Crippen molar-refractivity contribution in [2.24, 2.45) is 0 Å². The van der Waals surface area contributed by atoms with Gasteiger partial charge in [-0.3, -0.25) is 4.79 Å². The molecule has 7 heteroatoms. The van der Waals surface area contributed by atoms with Gasteiger partial charge in [0.1, 0.15) is 11.6 Å². The Morgan fingerprint density at radius 3 is 2.50 bits per heavy atom. The normalized spacial score (nSPS) is 12.9. The van der Waals surface area contributed by atoms with Crippen LogP contribution in [0.1, 0.15) is 24.0 Å². The zero-order chi connectivity index (χ0) is 19.9. The van der Waals surface area contributed by atoms with Gasteiger partial charge in [-0.15, -0.1) is 0 Å². The Kier molecular flexibility index (Phi) is 6.47. The van der Waals surface area contributed by atoms with Crippen molar-refractivity contribution in [1.82, 2.24) is 15.5 Å². The molecule has 0 radical (unpaired) electrons. The number of halogens is 1. The molecule has 148 valence electrons. The highest BCUT2D eigenvalue weighted by Gasteiger charge is 2.33. The maximum absolute atomic E-state index is 12.9. The largest absolute Gasteiger partial charge is 0.496 e. The maximum atomic E-state index is 12.9. The number of carbonyl (C=O) groups is 2. The van der Waals surface area contributed by atoms with E-state index in [0.29, 0.717) is 6.54 Å². The van der Waals surface area contributed by atoms with Crippen LogP contribution in [0.25, 0.3) is 0 Å². The number of hydrogen-bond acceptors (Lipinski definition) is 3. The van der Waals surface area contributed by atoms with E-state index in [1.807, 2.05) is 24.3 Å². The number of para-hydroxylation sites is 1. The number of benzene rings is 2. The second-order valence-electron chi connectivity index (χ2n) is 6.73. The fourth-order valence-corrected chi connectivity index (χ4v) is 2.93. The summed E-state index contributed by atoms with van der Waals surface area (Å²) in [4.78, 5) is 26.4. The van der Waals surface area contributed by atoms with Crippen LogP contribution >= 0.6 is 0 Å². The minimum atomic E-state index is -0.439. The molecule has 0 bridgehead atoms. The third-order valence-electron chi connectivity index (χ3n) is 4.61. The smallest absolute Gasteiger partial charge is 0.315 e. The number of nitrogens with zero attached hydrogens (tertiary/aromatic N) is 1. The molecular weight excluding hydrogens is 361 g/mol. The molecule has 1 saturated carbocycles. The van der Waals surface area contributed by atoms with Crippen LogP contribution < -0.4 is 15.4 Å². The van der Waals surface area contributed by atoms with Gasteiger partial charge in [0.2, 0.25) is 5.91 Å². The van der Waals surface area contributed by atoms with Gasteiger partial charge >= 0.3 is 6.03 Å². The molecule has 2 aromatic rings. The van der Waals surface area contributed by atoms with Gasteiger partial charge in [0.25, 0.3) is 0 Å². The van der Waals surface area contributed by atoms with Crippen molar-refractivity contribution >= 4 is 11.9 Å². The Labute approximate surface area is 163 Å². The summed E-state index contributed by atoms with van der Waals surface area (Å²) in [5, 5.41) is 5.26. The molecule has 1 fully saturated rings. The molecule has 0 aromatic heterocycles. The topological polar surface area (TPSA) is 70.7 Å². The molecule has 0 spiro atoms. The van der Waals surface area contributed by atoms with Crippen molar-refractivity contribution in [2.45, 2.75) is 32.0 Å². The lowest BCUT2D eigenvalue weighted by atomic mass is 10.2. The van der Waals surface area contributed by atoms with Crippen molar-refractivity contribution in [2.75, 3.05) is 13.7 Å². The molecule has 0 atom stereocenters. The standard InChI is InChI=1S/C21H24FN3O3/c1-28-19-5-3-2-4-16(19)14-25(18-10-11-18)20(26)13-24-21(27)23-12-15-6-8-17(22)9-7-15/h2-9,18H,10-14H2,1H3,(H2,23,24,27). The van der Waals surface area contributed by atoms with Crippen LogP contribution in [0.5, 0.6) is 5.75 Å². The fourth-order valence-electron chi connectivity index (χ4n) is 2.93. The van der Waals surface area contributed by atoms with E-state index in [2.05, 4.69) is 10.6 Å². The van der Waals surface area contributed by atoms with E-state index in [0.717, 1.165) is 29.7 Å². The number of ether oxygens (including phenoxy) is 1. The third-order valence-corrected chi connectivity index (χ3v) is 4.61. The quantitative estimate of drug-likeness (QED) is 0.734. The van der Waals surface area contributed by atoms with Crippen LogP contribution in [0.2, 0.25) is 0 Å². The SMILES string of the molecule is COc1ccccc1CN(C(=O)CNC(=O)NCc1ccc(F)cc1)C1CC1. The first-order chi connectivity index (χ1) is 13.6. The van der Waals surface area contributed by atoms with Gasteiger partial charge in [0, 0.05) is 24.7 Å². The minimum absolute atomic E-state index is 0.0824. The van der Waals surface area contributed by atoms with Crippen LogP contribution in [0, 0.1) is 5.82 Å². The van der Waals surface area contributed by atoms with Crippen LogP contribution in [-0.4, -0.2) is 36.5 Å². The first-order valence-electron chi connectivity index (χ1n) is 9.24. The van der Waals surface area contributed by atoms with Crippen molar-refractivity contribution in [1.29, 1.82) is 0 Å². The maximum Gasteiger partial charge on any atom is 0.315 e. The predicted octanol–water partition coefficient (Wildman–Crippen LogP) is 2.82. The van der Waals surface area contributed by atoms with E-state index < -0.39 is 6.03 Å². The second-order valence-corrected chi connectivity index (χ2v) is 6.73. The Morgan fingerprint density at radius 2 is 1.82 bits per heavy atom. The van der Waals surface area contributed by atoms with E-state index in [1.165, 1.54) is 12.1 Å². The summed E-state index contributed by atoms with van der Waals surface area (Å²) in [6.07, 6.45) is 1.94. The molecule has 3 amide bonds. The highest BCUT2D eigenvalue weighted by atomic mass is 19.1. The Hall–Kier alpha value is -3.09. The molecule has 0 aliphatic heterocycles. The lowest BCUT2D eigenvalue weighted by Gasteiger charge is -2.23. The molecular formula is C21H24FN3O3. The van der Waals surface area contributed by atoms with Gasteiger partial charge < -0.3 is 20.3 Å². The first-order valence-corrected chi connectivity index (χ1v) is 9.24. The van der Waals surface area contributed by atoms with Crippen molar-refractivity contribution < 1.29 is 18.7 Å². The van der Waals surface area contributed by atoms with Crippen LogP contribution in [0.3, 0.4) is 0 Å². The van der Waals surface area contributed by atoms with Gasteiger partial charge in [-0.25, -0.2) is 9.18 Å². The highest BCUT2D eigenvalue weighted by Crippen LogP contribution is 2.30. The highest BCUT2D eigenvalue weighted by molar-refractivity contribution is 5.84. The van der Waals surface area contributed by atoms with Crippen LogP contribution in [0.4, 0.5) is 9.18 Å². The van der Waals surface area contributed by atoms with Gasteiger partial charge in [0.05, 0.1) is 13.7 Å². The first kappa shape index (κ1) is 19.7. The average Bonchev–Trinajstić information content (AvgIpc) is 3.55. The minimum Gasteiger partial charge on any atom is -0.496 e. The fraction of sp³-hybridized carbons (Fsp3) is 0.333. The molecule has 3 rings (SSSR count). The summed E-state index contributed by atoms with van der Waals surface area (Å²) in [7, 11) is 1.61. The van der Waals surface area contributed by atoms with E-state index in [9.17, 15) is 14.0 Å². The molecule has 28 heavy (non-hydrogen) atoms. The molecule has 2 N–H and O–H groups in total. The third kappa shape index (κ3) is 5.45. The number of urea groups is 1. The monoisotopic (exact) mass is 385 g/mol.